The molecule has 4 aromatic carbocycles. The predicted octanol–water partition coefficient (Wildman–Crippen LogP) is 8.23. The van der Waals surface area contributed by atoms with Crippen LogP contribution in [0.4, 0.5) is 11.4 Å². The number of nitrogens with zero attached hydrogens (tertiary/aromatic N) is 2. The van der Waals surface area contributed by atoms with Crippen LogP contribution in [0.2, 0.25) is 0 Å². The van der Waals surface area contributed by atoms with Crippen molar-refractivity contribution in [1.29, 1.82) is 0 Å². The summed E-state index contributed by atoms with van der Waals surface area (Å²) in [5.74, 6) is 0.181. The van der Waals surface area contributed by atoms with Crippen molar-refractivity contribution in [3.8, 4) is 0 Å². The molecule has 7 heteroatoms. The minimum atomic E-state index is -4.16. The van der Waals surface area contributed by atoms with Crippen molar-refractivity contribution in [2.45, 2.75) is 45.1 Å². The van der Waals surface area contributed by atoms with E-state index in [-0.39, 0.29) is 29.9 Å². The van der Waals surface area contributed by atoms with E-state index in [0.717, 1.165) is 17.5 Å². The summed E-state index contributed by atoms with van der Waals surface area (Å²) >= 11 is 0. The number of ketones is 1. The Kier molecular flexibility index (Phi) is 8.89. The second-order valence-electron chi connectivity index (χ2n) is 12.8. The fourth-order valence-electron chi connectivity index (χ4n) is 7.11. The maximum atomic E-state index is 11.9. The van der Waals surface area contributed by atoms with Gasteiger partial charge in [-0.25, -0.2) is 0 Å². The highest BCUT2D eigenvalue weighted by Gasteiger charge is 2.44. The van der Waals surface area contributed by atoms with E-state index in [1.807, 2.05) is 42.5 Å². The Bertz CT molecular complexity index is 1970. The van der Waals surface area contributed by atoms with Gasteiger partial charge in [-0.15, -0.1) is 0 Å². The van der Waals surface area contributed by atoms with Crippen LogP contribution in [0.25, 0.3) is 21.5 Å². The molecule has 2 N–H and O–H groups in total. The lowest BCUT2D eigenvalue weighted by molar-refractivity contribution is -0.116. The maximum absolute atomic E-state index is 11.9. The van der Waals surface area contributed by atoms with Gasteiger partial charge in [-0.05, 0) is 57.8 Å². The number of allylic oxidation sites excluding steroid dienone is 7. The van der Waals surface area contributed by atoms with Gasteiger partial charge < -0.3 is 19.6 Å². The zero-order chi connectivity index (χ0) is 32.5. The van der Waals surface area contributed by atoms with Crippen LogP contribution in [0.3, 0.4) is 0 Å². The van der Waals surface area contributed by atoms with Crippen molar-refractivity contribution in [3.63, 3.8) is 0 Å². The highest BCUT2D eigenvalue weighted by Crippen LogP contribution is 2.50. The zero-order valence-corrected chi connectivity index (χ0v) is 27.5. The molecule has 2 aliphatic heterocycles. The lowest BCUT2D eigenvalue weighted by Gasteiger charge is -2.32. The van der Waals surface area contributed by atoms with Crippen molar-refractivity contribution >= 4 is 46.3 Å². The number of benzene rings is 4. The molecule has 46 heavy (non-hydrogen) atoms. The molecule has 0 aromatic heterocycles. The van der Waals surface area contributed by atoms with Gasteiger partial charge in [0.05, 0.1) is 12.2 Å². The molecule has 4 aromatic rings. The van der Waals surface area contributed by atoms with Crippen LogP contribution in [-0.2, 0) is 21.2 Å². The van der Waals surface area contributed by atoms with E-state index in [9.17, 15) is 19.1 Å². The van der Waals surface area contributed by atoms with Crippen molar-refractivity contribution < 1.29 is 19.1 Å². The number of fused-ring (bicyclic) bond motifs is 6. The fourth-order valence-corrected chi connectivity index (χ4v) is 7.59. The lowest BCUT2D eigenvalue weighted by Crippen LogP contribution is -2.41. The summed E-state index contributed by atoms with van der Waals surface area (Å²) in [4.78, 5) is 35.6. The van der Waals surface area contributed by atoms with Gasteiger partial charge >= 0.3 is 7.60 Å². The number of rotatable bonds is 10. The van der Waals surface area contributed by atoms with Crippen LogP contribution in [0, 0.1) is 0 Å². The van der Waals surface area contributed by atoms with E-state index in [4.69, 9.17) is 0 Å². The highest BCUT2D eigenvalue weighted by molar-refractivity contribution is 7.51. The first kappa shape index (κ1) is 31.7. The summed E-state index contributed by atoms with van der Waals surface area (Å²) in [5, 5.41) is 4.81. The van der Waals surface area contributed by atoms with Crippen molar-refractivity contribution in [2.75, 3.05) is 29.1 Å². The minimum Gasteiger partial charge on any atom is -0.363 e. The lowest BCUT2D eigenvalue weighted by atomic mass is 9.78. The molecule has 2 heterocycles. The van der Waals surface area contributed by atoms with Crippen molar-refractivity contribution in [1.82, 2.24) is 0 Å². The van der Waals surface area contributed by atoms with E-state index in [1.54, 1.807) is 6.92 Å². The number of carbonyl (C=O) groups is 1. The number of Topliss-reactive ketones (excluding diaryl/α,β-unsaturated/α-hetero) is 1. The summed E-state index contributed by atoms with van der Waals surface area (Å²) in [7, 11) is -4.16. The third-order valence-electron chi connectivity index (χ3n) is 9.29. The average Bonchev–Trinajstić information content (AvgIpc) is 3.49. The molecule has 0 amide bonds. The standard InChI is InChI=1S/C39H41N2O4P/c1-28(42)23-24-40-31(27-34-32-16-11-9-13-29(32)19-21-35(34)40)15-7-5-4-6-8-18-37-39(2,3)38-33-17-12-10-14-30(33)20-22-36(38)41(37)25-26-46(43,44)45/h4-22,37H,23-27H2,1-3H3,(H2,43,44,45)/b6-4+,7-5+,18-8+,31-15+. The summed E-state index contributed by atoms with van der Waals surface area (Å²) in [6.45, 7) is 6.99. The van der Waals surface area contributed by atoms with E-state index in [1.165, 1.54) is 38.7 Å². The van der Waals surface area contributed by atoms with Gasteiger partial charge in [-0.2, -0.15) is 0 Å². The van der Waals surface area contributed by atoms with Gasteiger partial charge in [0.1, 0.15) is 5.78 Å². The van der Waals surface area contributed by atoms with Crippen LogP contribution in [-0.4, -0.2) is 40.9 Å². The molecule has 6 nitrogen and oxygen atoms in total. The number of hydrogen-bond acceptors (Lipinski definition) is 4. The number of carbonyl (C=O) groups excluding carboxylic acids is 1. The fraction of sp³-hybridized carbons (Fsp3) is 0.256. The predicted molar refractivity (Wildman–Crippen MR) is 191 cm³/mol. The molecular weight excluding hydrogens is 591 g/mol. The zero-order valence-electron chi connectivity index (χ0n) is 26.6. The van der Waals surface area contributed by atoms with Crippen molar-refractivity contribution in [2.24, 2.45) is 0 Å². The SMILES string of the molecule is CC(=O)CCN1/C(=C/C=C/C=C/C=C/C2N(CCP(=O)(O)O)c3ccc4ccccc4c3C2(C)C)Cc2c1ccc1ccccc21. The normalized spacial score (nSPS) is 18.6. The Hall–Kier alpha value is -4.22. The molecule has 0 radical (unpaired) electrons. The van der Waals surface area contributed by atoms with Gasteiger partial charge in [0.25, 0.3) is 0 Å². The number of anilines is 2. The maximum Gasteiger partial charge on any atom is 0.327 e. The summed E-state index contributed by atoms with van der Waals surface area (Å²) in [6.07, 6.45) is 15.5. The van der Waals surface area contributed by atoms with Gasteiger partial charge in [-0.3, -0.25) is 9.36 Å². The summed E-state index contributed by atoms with van der Waals surface area (Å²) in [5.41, 5.74) is 5.61. The van der Waals surface area contributed by atoms with Crippen LogP contribution >= 0.6 is 7.60 Å². The van der Waals surface area contributed by atoms with Crippen LogP contribution in [0.1, 0.15) is 38.3 Å². The summed E-state index contributed by atoms with van der Waals surface area (Å²) < 4.78 is 11.9. The third kappa shape index (κ3) is 6.39. The highest BCUT2D eigenvalue weighted by atomic mass is 31.2. The Labute approximate surface area is 271 Å². The second kappa shape index (κ2) is 12.9. The second-order valence-corrected chi connectivity index (χ2v) is 14.6. The molecule has 2 aliphatic rings. The molecule has 0 spiro atoms. The molecule has 1 unspecified atom stereocenters. The van der Waals surface area contributed by atoms with Crippen LogP contribution < -0.4 is 9.80 Å². The molecular formula is C39H41N2O4P. The molecule has 0 fully saturated rings. The summed E-state index contributed by atoms with van der Waals surface area (Å²) in [6, 6.07) is 25.2. The average molecular weight is 633 g/mol. The Balaban J connectivity index is 1.21. The molecule has 0 saturated carbocycles. The molecule has 0 bridgehead atoms. The first-order valence-corrected chi connectivity index (χ1v) is 17.7. The van der Waals surface area contributed by atoms with E-state index in [0.29, 0.717) is 13.0 Å². The minimum absolute atomic E-state index is 0.0720. The molecule has 6 rings (SSSR count). The van der Waals surface area contributed by atoms with Gasteiger partial charge in [0.15, 0.2) is 0 Å². The Morgan fingerprint density at radius 1 is 0.848 bits per heavy atom. The van der Waals surface area contributed by atoms with Crippen molar-refractivity contribution in [3.05, 3.63) is 132 Å². The number of hydrogen-bond donors (Lipinski definition) is 2. The first-order valence-electron chi connectivity index (χ1n) is 15.9. The Morgan fingerprint density at radius 3 is 2.20 bits per heavy atom. The van der Waals surface area contributed by atoms with Gasteiger partial charge in [0.2, 0.25) is 0 Å². The molecule has 0 aliphatic carbocycles. The molecule has 0 saturated heterocycles. The van der Waals surface area contributed by atoms with E-state index >= 15 is 0 Å². The van der Waals surface area contributed by atoms with E-state index < -0.39 is 7.60 Å². The monoisotopic (exact) mass is 632 g/mol. The smallest absolute Gasteiger partial charge is 0.327 e. The largest absolute Gasteiger partial charge is 0.363 e. The third-order valence-corrected chi connectivity index (χ3v) is 10.1. The first-order chi connectivity index (χ1) is 22.0. The van der Waals surface area contributed by atoms with Crippen LogP contribution in [0.15, 0.2) is 121 Å². The Morgan fingerprint density at radius 2 is 1.48 bits per heavy atom. The van der Waals surface area contributed by atoms with Gasteiger partial charge in [0, 0.05) is 48.4 Å². The van der Waals surface area contributed by atoms with Crippen LogP contribution in [0.5, 0.6) is 0 Å². The molecule has 1 atom stereocenters. The molecule has 236 valence electrons. The van der Waals surface area contributed by atoms with E-state index in [2.05, 4.69) is 96.5 Å². The topological polar surface area (TPSA) is 81.1 Å². The quantitative estimate of drug-likeness (QED) is 0.135. The van der Waals surface area contributed by atoms with Gasteiger partial charge in [-0.1, -0.05) is 111 Å².